The summed E-state index contributed by atoms with van der Waals surface area (Å²) in [6.07, 6.45) is 4.29. The Bertz CT molecular complexity index is 1210. The third-order valence-corrected chi connectivity index (χ3v) is 7.48. The second kappa shape index (κ2) is 8.23. The zero-order valence-electron chi connectivity index (χ0n) is 18.6. The number of aryl methyl sites for hydroxylation is 1. The van der Waals surface area contributed by atoms with Crippen molar-refractivity contribution in [2.24, 2.45) is 13.0 Å². The second-order valence-corrected chi connectivity index (χ2v) is 9.39. The topological polar surface area (TPSA) is 46.2 Å². The van der Waals surface area contributed by atoms with Gasteiger partial charge in [0.25, 0.3) is 0 Å². The van der Waals surface area contributed by atoms with Crippen LogP contribution in [0, 0.1) is 5.92 Å². The molecule has 3 saturated heterocycles. The van der Waals surface area contributed by atoms with Crippen LogP contribution in [-0.4, -0.2) is 40.4 Å². The Kier molecular flexibility index (Phi) is 5.08. The van der Waals surface area contributed by atoms with Crippen molar-refractivity contribution in [3.8, 4) is 11.3 Å². The number of furan rings is 1. The summed E-state index contributed by atoms with van der Waals surface area (Å²) in [5.74, 6) is 2.31. The second-order valence-electron chi connectivity index (χ2n) is 9.39. The van der Waals surface area contributed by atoms with E-state index in [1.54, 1.807) is 6.26 Å². The molecule has 0 spiro atoms. The molecule has 1 unspecified atom stereocenters. The lowest BCUT2D eigenvalue weighted by Crippen LogP contribution is -2.55. The van der Waals surface area contributed by atoms with E-state index >= 15 is 0 Å². The molecule has 164 valence electrons. The molecular weight excluding hydrogens is 396 g/mol. The molecule has 1 N–H and O–H groups in total. The number of benzene rings is 2. The molecule has 0 saturated carbocycles. The third-order valence-electron chi connectivity index (χ3n) is 7.48. The molecule has 3 fully saturated rings. The molecule has 5 heteroatoms. The van der Waals surface area contributed by atoms with Crippen molar-refractivity contribution in [3.63, 3.8) is 0 Å². The molecule has 3 aliphatic heterocycles. The first kappa shape index (κ1) is 19.8. The molecule has 5 heterocycles. The average Bonchev–Trinajstić information content (AvgIpc) is 3.49. The van der Waals surface area contributed by atoms with Gasteiger partial charge in [0, 0.05) is 43.4 Å². The van der Waals surface area contributed by atoms with Crippen LogP contribution >= 0.6 is 0 Å². The van der Waals surface area contributed by atoms with E-state index in [1.165, 1.54) is 41.4 Å². The number of hydrogen-bond acceptors (Lipinski definition) is 4. The van der Waals surface area contributed by atoms with Crippen molar-refractivity contribution in [2.75, 3.05) is 19.6 Å². The van der Waals surface area contributed by atoms with Crippen LogP contribution < -0.4 is 5.32 Å². The summed E-state index contributed by atoms with van der Waals surface area (Å²) in [6.45, 7) is 4.18. The zero-order chi connectivity index (χ0) is 21.5. The lowest BCUT2D eigenvalue weighted by Gasteiger charge is -2.50. The first-order chi connectivity index (χ1) is 15.7. The minimum atomic E-state index is 0.566. The van der Waals surface area contributed by atoms with Gasteiger partial charge in [-0.1, -0.05) is 36.4 Å². The van der Waals surface area contributed by atoms with E-state index in [4.69, 9.17) is 9.52 Å². The van der Waals surface area contributed by atoms with Gasteiger partial charge in [0.05, 0.1) is 18.5 Å². The van der Waals surface area contributed by atoms with Gasteiger partial charge < -0.3 is 9.73 Å². The standard InChI is InChI=1S/C27H30N4O/c1-30-27(15-26(29-30)22-9-8-19-5-2-3-6-20(19)13-22)25-18-31-11-10-21(25)14-23(31)16-28-17-24-7-4-12-32-24/h2-9,12-13,15,21,23,25,28H,10-11,14,16-18H2,1H3/t21-,23+,25+/m0/s1. The molecular formula is C27H30N4O. The molecule has 4 aromatic rings. The molecule has 0 aliphatic carbocycles. The number of fused-ring (bicyclic) bond motifs is 4. The number of hydrogen-bond donors (Lipinski definition) is 1. The maximum absolute atomic E-state index is 5.45. The van der Waals surface area contributed by atoms with Crippen molar-refractivity contribution >= 4 is 10.8 Å². The summed E-state index contributed by atoms with van der Waals surface area (Å²) in [5.41, 5.74) is 3.66. The van der Waals surface area contributed by atoms with E-state index in [0.717, 1.165) is 37.0 Å². The molecule has 32 heavy (non-hydrogen) atoms. The van der Waals surface area contributed by atoms with Crippen molar-refractivity contribution in [1.82, 2.24) is 20.0 Å². The molecule has 4 atom stereocenters. The lowest BCUT2D eigenvalue weighted by atomic mass is 9.74. The predicted molar refractivity (Wildman–Crippen MR) is 127 cm³/mol. The number of rotatable bonds is 6. The van der Waals surface area contributed by atoms with Crippen LogP contribution in [-0.2, 0) is 13.6 Å². The predicted octanol–water partition coefficient (Wildman–Crippen LogP) is 4.80. The van der Waals surface area contributed by atoms with Crippen LogP contribution in [0.4, 0.5) is 0 Å². The highest BCUT2D eigenvalue weighted by Gasteiger charge is 2.41. The van der Waals surface area contributed by atoms with Gasteiger partial charge in [-0.05, 0) is 60.3 Å². The Morgan fingerprint density at radius 3 is 2.78 bits per heavy atom. The van der Waals surface area contributed by atoms with Crippen LogP contribution in [0.15, 0.2) is 71.3 Å². The van der Waals surface area contributed by atoms with Gasteiger partial charge in [0.15, 0.2) is 0 Å². The van der Waals surface area contributed by atoms with Gasteiger partial charge in [0.2, 0.25) is 0 Å². The number of piperidine rings is 3. The molecule has 7 rings (SSSR count). The van der Waals surface area contributed by atoms with E-state index < -0.39 is 0 Å². The van der Waals surface area contributed by atoms with Crippen LogP contribution in [0.5, 0.6) is 0 Å². The van der Waals surface area contributed by atoms with Crippen molar-refractivity contribution in [3.05, 3.63) is 78.4 Å². The molecule has 0 radical (unpaired) electrons. The molecule has 2 bridgehead atoms. The molecule has 2 aromatic carbocycles. The van der Waals surface area contributed by atoms with Crippen molar-refractivity contribution < 1.29 is 4.42 Å². The zero-order valence-corrected chi connectivity index (χ0v) is 18.6. The summed E-state index contributed by atoms with van der Waals surface area (Å²) < 4.78 is 7.58. The Labute approximate surface area is 189 Å². The number of aromatic nitrogens is 2. The Morgan fingerprint density at radius 2 is 1.97 bits per heavy atom. The fourth-order valence-electron chi connectivity index (χ4n) is 5.78. The first-order valence-electron chi connectivity index (χ1n) is 11.7. The van der Waals surface area contributed by atoms with E-state index in [1.807, 2.05) is 12.1 Å². The highest BCUT2D eigenvalue weighted by molar-refractivity contribution is 5.86. The van der Waals surface area contributed by atoms with E-state index in [-0.39, 0.29) is 0 Å². The van der Waals surface area contributed by atoms with Crippen LogP contribution in [0.2, 0.25) is 0 Å². The largest absolute Gasteiger partial charge is 0.468 e. The lowest BCUT2D eigenvalue weighted by molar-refractivity contribution is 0.0280. The van der Waals surface area contributed by atoms with Gasteiger partial charge in [0.1, 0.15) is 5.76 Å². The van der Waals surface area contributed by atoms with Gasteiger partial charge >= 0.3 is 0 Å². The quantitative estimate of drug-likeness (QED) is 0.481. The van der Waals surface area contributed by atoms with E-state index in [0.29, 0.717) is 12.0 Å². The van der Waals surface area contributed by atoms with Gasteiger partial charge in [-0.15, -0.1) is 0 Å². The first-order valence-corrected chi connectivity index (χ1v) is 11.7. The van der Waals surface area contributed by atoms with Crippen LogP contribution in [0.1, 0.15) is 30.2 Å². The third kappa shape index (κ3) is 3.65. The number of nitrogens with zero attached hydrogens (tertiary/aromatic N) is 3. The van der Waals surface area contributed by atoms with Crippen molar-refractivity contribution in [2.45, 2.75) is 31.3 Å². The number of nitrogens with one attached hydrogen (secondary N) is 1. The highest BCUT2D eigenvalue weighted by atomic mass is 16.3. The maximum atomic E-state index is 5.45. The smallest absolute Gasteiger partial charge is 0.117 e. The summed E-state index contributed by atoms with van der Waals surface area (Å²) in [7, 11) is 2.11. The fraction of sp³-hybridized carbons (Fsp3) is 0.370. The normalized spacial score (nSPS) is 24.9. The van der Waals surface area contributed by atoms with E-state index in [2.05, 4.69) is 70.5 Å². The minimum Gasteiger partial charge on any atom is -0.468 e. The Hall–Kier alpha value is -2.89. The van der Waals surface area contributed by atoms with Crippen molar-refractivity contribution in [1.29, 1.82) is 0 Å². The molecule has 0 amide bonds. The minimum absolute atomic E-state index is 0.566. The highest BCUT2D eigenvalue weighted by Crippen LogP contribution is 2.42. The Morgan fingerprint density at radius 1 is 1.06 bits per heavy atom. The fourth-order valence-corrected chi connectivity index (χ4v) is 5.78. The Balaban J connectivity index is 1.17. The monoisotopic (exact) mass is 426 g/mol. The molecule has 3 aliphatic rings. The molecule has 2 aromatic heterocycles. The summed E-state index contributed by atoms with van der Waals surface area (Å²) >= 11 is 0. The average molecular weight is 427 g/mol. The maximum Gasteiger partial charge on any atom is 0.117 e. The summed E-state index contributed by atoms with van der Waals surface area (Å²) in [6, 6.07) is 22.1. The van der Waals surface area contributed by atoms with E-state index in [9.17, 15) is 0 Å². The SMILES string of the molecule is Cn1nc(-c2ccc3ccccc3c2)cc1[C@@H]1CN2CC[C@H]1C[C@@H]2CNCc1ccco1. The van der Waals surface area contributed by atoms with Gasteiger partial charge in [-0.3, -0.25) is 9.58 Å². The van der Waals surface area contributed by atoms with Crippen LogP contribution in [0.3, 0.4) is 0 Å². The van der Waals surface area contributed by atoms with Gasteiger partial charge in [-0.25, -0.2) is 0 Å². The molecule has 5 nitrogen and oxygen atoms in total. The summed E-state index contributed by atoms with van der Waals surface area (Å²) in [5, 5.41) is 11.1. The van der Waals surface area contributed by atoms with Crippen LogP contribution in [0.25, 0.3) is 22.0 Å². The van der Waals surface area contributed by atoms with Gasteiger partial charge in [-0.2, -0.15) is 5.10 Å². The summed E-state index contributed by atoms with van der Waals surface area (Å²) in [4.78, 5) is 2.68.